The normalized spacial score (nSPS) is 10.6. The quantitative estimate of drug-likeness (QED) is 0.214. The largest absolute Gasteiger partial charge is 0.466 e. The molecule has 4 nitrogen and oxygen atoms in total. The molecule has 1 aromatic carbocycles. The second-order valence-corrected chi connectivity index (χ2v) is 7.03. The molecule has 0 bridgehead atoms. The molecule has 1 aromatic rings. The minimum atomic E-state index is -0.237. The van der Waals surface area contributed by atoms with E-state index in [0.29, 0.717) is 38.0 Å². The van der Waals surface area contributed by atoms with E-state index in [9.17, 15) is 9.59 Å². The molecule has 0 unspecified atom stereocenters. The Morgan fingerprint density at radius 2 is 1.44 bits per heavy atom. The highest BCUT2D eigenvalue weighted by atomic mass is 16.5. The standard InChI is InChI=1S/C23H36O4/c1-3-5-6-7-8-13-19-26-22(24)17-11-12-18-23(25)27-21-16-10-9-15-20(21)14-4-2/h9-10,15-16H,3-8,11-14,17-19H2,1-2H3. The fraction of sp³-hybridized carbons (Fsp3) is 0.652. The smallest absolute Gasteiger partial charge is 0.311 e. The number of unbranched alkanes of at least 4 members (excludes halogenated alkanes) is 6. The highest BCUT2D eigenvalue weighted by Crippen LogP contribution is 2.20. The molecule has 0 heterocycles. The predicted molar refractivity (Wildman–Crippen MR) is 109 cm³/mol. The van der Waals surface area contributed by atoms with Gasteiger partial charge >= 0.3 is 11.9 Å². The van der Waals surface area contributed by atoms with Gasteiger partial charge in [0.2, 0.25) is 0 Å². The number of hydrogen-bond acceptors (Lipinski definition) is 4. The van der Waals surface area contributed by atoms with Crippen molar-refractivity contribution in [2.45, 2.75) is 90.9 Å². The van der Waals surface area contributed by atoms with E-state index >= 15 is 0 Å². The molecule has 0 saturated carbocycles. The van der Waals surface area contributed by atoms with Crippen LogP contribution in [0.4, 0.5) is 0 Å². The van der Waals surface area contributed by atoms with Crippen LogP contribution in [0, 0.1) is 0 Å². The van der Waals surface area contributed by atoms with Crippen LogP contribution in [0.25, 0.3) is 0 Å². The first-order valence-corrected chi connectivity index (χ1v) is 10.6. The molecule has 0 spiro atoms. The Morgan fingerprint density at radius 1 is 0.778 bits per heavy atom. The van der Waals surface area contributed by atoms with Gasteiger partial charge in [0.1, 0.15) is 5.75 Å². The van der Waals surface area contributed by atoms with E-state index in [1.807, 2.05) is 24.3 Å². The molecule has 0 fully saturated rings. The molecule has 0 aliphatic rings. The highest BCUT2D eigenvalue weighted by molar-refractivity contribution is 5.73. The summed E-state index contributed by atoms with van der Waals surface area (Å²) in [5.41, 5.74) is 1.06. The molecule has 0 aromatic heterocycles. The first-order valence-electron chi connectivity index (χ1n) is 10.6. The van der Waals surface area contributed by atoms with Gasteiger partial charge < -0.3 is 9.47 Å². The maximum absolute atomic E-state index is 12.0. The Kier molecular flexibility index (Phi) is 13.1. The predicted octanol–water partition coefficient (Wildman–Crippen LogP) is 6.01. The molecule has 1 rings (SSSR count). The van der Waals surface area contributed by atoms with Gasteiger partial charge in [0.05, 0.1) is 6.61 Å². The second kappa shape index (κ2) is 15.2. The molecule has 0 amide bonds. The fourth-order valence-corrected chi connectivity index (χ4v) is 2.93. The van der Waals surface area contributed by atoms with Crippen LogP contribution in [0.1, 0.15) is 90.0 Å². The van der Waals surface area contributed by atoms with Crippen LogP contribution in [0.15, 0.2) is 24.3 Å². The molecule has 0 aliphatic heterocycles. The van der Waals surface area contributed by atoms with Crippen LogP contribution in [-0.4, -0.2) is 18.5 Å². The van der Waals surface area contributed by atoms with Crippen molar-refractivity contribution in [1.82, 2.24) is 0 Å². The molecular formula is C23H36O4. The van der Waals surface area contributed by atoms with Gasteiger partial charge in [-0.25, -0.2) is 0 Å². The first kappa shape index (κ1) is 23.2. The van der Waals surface area contributed by atoms with E-state index in [1.54, 1.807) is 0 Å². The molecule has 0 saturated heterocycles. The lowest BCUT2D eigenvalue weighted by Crippen LogP contribution is -2.10. The van der Waals surface area contributed by atoms with Crippen LogP contribution in [0.2, 0.25) is 0 Å². The van der Waals surface area contributed by atoms with E-state index in [0.717, 1.165) is 31.2 Å². The monoisotopic (exact) mass is 376 g/mol. The van der Waals surface area contributed by atoms with Crippen molar-refractivity contribution in [2.24, 2.45) is 0 Å². The van der Waals surface area contributed by atoms with Gasteiger partial charge in [0.25, 0.3) is 0 Å². The SMILES string of the molecule is CCCCCCCCOC(=O)CCCCC(=O)Oc1ccccc1CCC. The molecule has 27 heavy (non-hydrogen) atoms. The van der Waals surface area contributed by atoms with Crippen molar-refractivity contribution in [3.63, 3.8) is 0 Å². The number of esters is 2. The Bertz CT molecular complexity index is 539. The lowest BCUT2D eigenvalue weighted by molar-refractivity contribution is -0.144. The maximum atomic E-state index is 12.0. The van der Waals surface area contributed by atoms with Crippen LogP contribution in [0.3, 0.4) is 0 Å². The van der Waals surface area contributed by atoms with E-state index < -0.39 is 0 Å². The lowest BCUT2D eigenvalue weighted by atomic mass is 10.1. The number of benzene rings is 1. The van der Waals surface area contributed by atoms with E-state index in [2.05, 4.69) is 13.8 Å². The lowest BCUT2D eigenvalue weighted by Gasteiger charge is -2.09. The van der Waals surface area contributed by atoms with Crippen LogP contribution >= 0.6 is 0 Å². The zero-order valence-corrected chi connectivity index (χ0v) is 17.1. The van der Waals surface area contributed by atoms with Crippen molar-refractivity contribution < 1.29 is 19.1 Å². The minimum Gasteiger partial charge on any atom is -0.466 e. The molecule has 0 atom stereocenters. The average Bonchev–Trinajstić information content (AvgIpc) is 2.66. The number of carbonyl (C=O) groups is 2. The Hall–Kier alpha value is -1.84. The molecule has 0 aliphatic carbocycles. The third-order valence-corrected chi connectivity index (χ3v) is 4.49. The molecule has 0 N–H and O–H groups in total. The van der Waals surface area contributed by atoms with Gasteiger partial charge in [-0.15, -0.1) is 0 Å². The van der Waals surface area contributed by atoms with Crippen LogP contribution in [-0.2, 0) is 20.7 Å². The Labute approximate surface area is 164 Å². The van der Waals surface area contributed by atoms with Crippen molar-refractivity contribution >= 4 is 11.9 Å². The number of rotatable bonds is 15. The van der Waals surface area contributed by atoms with E-state index in [4.69, 9.17) is 9.47 Å². The van der Waals surface area contributed by atoms with Crippen molar-refractivity contribution in [2.75, 3.05) is 6.61 Å². The van der Waals surface area contributed by atoms with E-state index in [-0.39, 0.29) is 11.9 Å². The zero-order valence-electron chi connectivity index (χ0n) is 17.1. The fourth-order valence-electron chi connectivity index (χ4n) is 2.93. The summed E-state index contributed by atoms with van der Waals surface area (Å²) in [7, 11) is 0. The highest BCUT2D eigenvalue weighted by Gasteiger charge is 2.09. The Balaban J connectivity index is 2.08. The van der Waals surface area contributed by atoms with Gasteiger partial charge in [-0.2, -0.15) is 0 Å². The summed E-state index contributed by atoms with van der Waals surface area (Å²) in [5, 5.41) is 0. The van der Waals surface area contributed by atoms with Crippen molar-refractivity contribution in [1.29, 1.82) is 0 Å². The van der Waals surface area contributed by atoms with Crippen LogP contribution in [0.5, 0.6) is 5.75 Å². The third-order valence-electron chi connectivity index (χ3n) is 4.49. The topological polar surface area (TPSA) is 52.6 Å². The molecule has 4 heteroatoms. The Morgan fingerprint density at radius 3 is 2.19 bits per heavy atom. The number of carbonyl (C=O) groups excluding carboxylic acids is 2. The number of hydrogen-bond donors (Lipinski definition) is 0. The van der Waals surface area contributed by atoms with Crippen molar-refractivity contribution in [3.05, 3.63) is 29.8 Å². The number of para-hydroxylation sites is 1. The number of ether oxygens (including phenoxy) is 2. The third kappa shape index (κ3) is 11.5. The van der Waals surface area contributed by atoms with Gasteiger partial charge in [0.15, 0.2) is 0 Å². The van der Waals surface area contributed by atoms with Gasteiger partial charge in [0, 0.05) is 12.8 Å². The summed E-state index contributed by atoms with van der Waals surface area (Å²) in [6.07, 6.45) is 11.0. The average molecular weight is 377 g/mol. The molecule has 0 radical (unpaired) electrons. The summed E-state index contributed by atoms with van der Waals surface area (Å²) >= 11 is 0. The first-order chi connectivity index (χ1) is 13.2. The maximum Gasteiger partial charge on any atom is 0.311 e. The zero-order chi connectivity index (χ0) is 19.7. The molecular weight excluding hydrogens is 340 g/mol. The summed E-state index contributed by atoms with van der Waals surface area (Å²) in [6, 6.07) is 7.66. The minimum absolute atomic E-state index is 0.162. The van der Waals surface area contributed by atoms with Crippen LogP contribution < -0.4 is 4.74 Å². The summed E-state index contributed by atoms with van der Waals surface area (Å²) in [5.74, 6) is 0.256. The summed E-state index contributed by atoms with van der Waals surface area (Å²) in [4.78, 5) is 23.7. The molecule has 152 valence electrons. The van der Waals surface area contributed by atoms with Gasteiger partial charge in [-0.3, -0.25) is 9.59 Å². The van der Waals surface area contributed by atoms with Crippen molar-refractivity contribution in [3.8, 4) is 5.75 Å². The van der Waals surface area contributed by atoms with Gasteiger partial charge in [-0.05, 0) is 37.3 Å². The second-order valence-electron chi connectivity index (χ2n) is 7.03. The van der Waals surface area contributed by atoms with Gasteiger partial charge in [-0.1, -0.05) is 70.6 Å². The summed E-state index contributed by atoms with van der Waals surface area (Å²) < 4.78 is 10.7. The summed E-state index contributed by atoms with van der Waals surface area (Å²) in [6.45, 7) is 4.82. The van der Waals surface area contributed by atoms with E-state index in [1.165, 1.54) is 25.7 Å². The number of aryl methyl sites for hydroxylation is 1.